The van der Waals surface area contributed by atoms with E-state index in [-0.39, 0.29) is 6.04 Å². The molecule has 0 amide bonds. The maximum absolute atomic E-state index is 6.02. The highest BCUT2D eigenvalue weighted by Gasteiger charge is 2.10. The molecule has 0 aliphatic rings. The smallest absolute Gasteiger partial charge is 0.147 e. The summed E-state index contributed by atoms with van der Waals surface area (Å²) < 4.78 is 5.02. The molecule has 0 aliphatic carbocycles. The summed E-state index contributed by atoms with van der Waals surface area (Å²) in [6.45, 7) is 2.56. The maximum atomic E-state index is 6.02. The van der Waals surface area contributed by atoms with Gasteiger partial charge in [-0.05, 0) is 13.0 Å². The topological polar surface area (TPSA) is 46.2 Å². The first kappa shape index (κ1) is 13.4. The van der Waals surface area contributed by atoms with E-state index in [1.54, 1.807) is 20.2 Å². The minimum Gasteiger partial charge on any atom is -0.383 e. The molecule has 0 saturated heterocycles. The molecule has 90 valence electrons. The van der Waals surface area contributed by atoms with Crippen LogP contribution in [-0.4, -0.2) is 31.8 Å². The molecule has 0 radical (unpaired) electrons. The number of pyridine rings is 1. The summed E-state index contributed by atoms with van der Waals surface area (Å²) in [4.78, 5) is 4.27. The van der Waals surface area contributed by atoms with Gasteiger partial charge in [0.25, 0.3) is 0 Å². The van der Waals surface area contributed by atoms with Crippen LogP contribution in [0.3, 0.4) is 0 Å². The van der Waals surface area contributed by atoms with E-state index in [0.717, 1.165) is 0 Å². The second-order valence-electron chi connectivity index (χ2n) is 3.40. The highest BCUT2D eigenvalue weighted by molar-refractivity contribution is 6.37. The lowest BCUT2D eigenvalue weighted by Crippen LogP contribution is -2.21. The summed E-state index contributed by atoms with van der Waals surface area (Å²) in [6.07, 6.45) is 0. The summed E-state index contributed by atoms with van der Waals surface area (Å²) in [5.41, 5.74) is 0. The van der Waals surface area contributed by atoms with Gasteiger partial charge < -0.3 is 15.4 Å². The van der Waals surface area contributed by atoms with Crippen LogP contribution in [-0.2, 0) is 4.74 Å². The fourth-order valence-corrected chi connectivity index (χ4v) is 1.78. The lowest BCUT2D eigenvalue weighted by molar-refractivity contribution is 0.190. The number of nitrogens with zero attached hydrogens (tertiary/aromatic N) is 1. The standard InChI is InChI=1S/C10H15Cl2N3O/c1-6(5-16-3)14-10-8(12)4-7(11)9(13-2)15-10/h4,6H,5H2,1-3H3,(H2,13,14,15). The number of aromatic nitrogens is 1. The van der Waals surface area contributed by atoms with E-state index in [9.17, 15) is 0 Å². The largest absolute Gasteiger partial charge is 0.383 e. The van der Waals surface area contributed by atoms with Crippen LogP contribution < -0.4 is 10.6 Å². The average molecular weight is 264 g/mol. The summed E-state index contributed by atoms with van der Waals surface area (Å²) in [5.74, 6) is 1.19. The second kappa shape index (κ2) is 6.13. The van der Waals surface area contributed by atoms with Gasteiger partial charge >= 0.3 is 0 Å². The Balaban J connectivity index is 2.87. The number of nitrogens with one attached hydrogen (secondary N) is 2. The van der Waals surface area contributed by atoms with Gasteiger partial charge in [0.15, 0.2) is 0 Å². The molecule has 6 heteroatoms. The molecule has 2 N–H and O–H groups in total. The molecule has 0 aliphatic heterocycles. The Morgan fingerprint density at radius 1 is 1.38 bits per heavy atom. The normalized spacial score (nSPS) is 12.3. The molecule has 0 fully saturated rings. The Morgan fingerprint density at radius 2 is 2.00 bits per heavy atom. The number of rotatable bonds is 5. The third-order valence-corrected chi connectivity index (χ3v) is 2.54. The van der Waals surface area contributed by atoms with Crippen LogP contribution in [0.2, 0.25) is 10.0 Å². The average Bonchev–Trinajstić information content (AvgIpc) is 2.22. The van der Waals surface area contributed by atoms with Crippen LogP contribution in [0.25, 0.3) is 0 Å². The van der Waals surface area contributed by atoms with Crippen molar-refractivity contribution in [3.63, 3.8) is 0 Å². The zero-order valence-corrected chi connectivity index (χ0v) is 11.0. The number of methoxy groups -OCH3 is 1. The highest BCUT2D eigenvalue weighted by Crippen LogP contribution is 2.29. The van der Waals surface area contributed by atoms with E-state index in [4.69, 9.17) is 27.9 Å². The van der Waals surface area contributed by atoms with Crippen LogP contribution >= 0.6 is 23.2 Å². The van der Waals surface area contributed by atoms with Gasteiger partial charge in [-0.15, -0.1) is 0 Å². The monoisotopic (exact) mass is 263 g/mol. The molecule has 0 spiro atoms. The third-order valence-electron chi connectivity index (χ3n) is 1.97. The first-order chi connectivity index (χ1) is 7.58. The minimum atomic E-state index is 0.126. The van der Waals surface area contributed by atoms with Crippen LogP contribution in [0, 0.1) is 0 Å². The summed E-state index contributed by atoms with van der Waals surface area (Å²) in [5, 5.41) is 7.03. The third kappa shape index (κ3) is 3.40. The van der Waals surface area contributed by atoms with E-state index < -0.39 is 0 Å². The van der Waals surface area contributed by atoms with Gasteiger partial charge in [-0.3, -0.25) is 0 Å². The Morgan fingerprint density at radius 3 is 2.56 bits per heavy atom. The van der Waals surface area contributed by atoms with E-state index in [1.807, 2.05) is 6.92 Å². The molecule has 1 rings (SSSR count). The second-order valence-corrected chi connectivity index (χ2v) is 4.21. The quantitative estimate of drug-likeness (QED) is 0.858. The van der Waals surface area contributed by atoms with Gasteiger partial charge in [-0.2, -0.15) is 0 Å². The molecule has 1 aromatic heterocycles. The molecule has 1 aromatic rings. The Bertz CT molecular complexity index is 360. The van der Waals surface area contributed by atoms with Crippen molar-refractivity contribution in [1.29, 1.82) is 0 Å². The van der Waals surface area contributed by atoms with Crippen LogP contribution in [0.1, 0.15) is 6.92 Å². The molecule has 1 unspecified atom stereocenters. The van der Waals surface area contributed by atoms with Gasteiger partial charge in [-0.25, -0.2) is 4.98 Å². The van der Waals surface area contributed by atoms with Crippen molar-refractivity contribution in [3.8, 4) is 0 Å². The minimum absolute atomic E-state index is 0.126. The molecule has 1 heterocycles. The van der Waals surface area contributed by atoms with Crippen molar-refractivity contribution < 1.29 is 4.74 Å². The van der Waals surface area contributed by atoms with E-state index in [2.05, 4.69) is 15.6 Å². The van der Waals surface area contributed by atoms with E-state index >= 15 is 0 Å². The van der Waals surface area contributed by atoms with Gasteiger partial charge in [0.1, 0.15) is 11.6 Å². The number of hydrogen-bond donors (Lipinski definition) is 2. The lowest BCUT2D eigenvalue weighted by atomic mass is 10.3. The predicted molar refractivity (Wildman–Crippen MR) is 68.8 cm³/mol. The molecule has 0 aromatic carbocycles. The Hall–Kier alpha value is -0.710. The van der Waals surface area contributed by atoms with Gasteiger partial charge in [0.05, 0.1) is 16.7 Å². The first-order valence-electron chi connectivity index (χ1n) is 4.87. The van der Waals surface area contributed by atoms with Crippen molar-refractivity contribution in [3.05, 3.63) is 16.1 Å². The Labute approximate surface area is 105 Å². The van der Waals surface area contributed by atoms with Crippen LogP contribution in [0.5, 0.6) is 0 Å². The van der Waals surface area contributed by atoms with Crippen LogP contribution in [0.4, 0.5) is 11.6 Å². The number of ether oxygens (including phenoxy) is 1. The highest BCUT2D eigenvalue weighted by atomic mass is 35.5. The molecule has 16 heavy (non-hydrogen) atoms. The molecule has 0 bridgehead atoms. The van der Waals surface area contributed by atoms with Gasteiger partial charge in [0, 0.05) is 20.2 Å². The molecule has 1 atom stereocenters. The van der Waals surface area contributed by atoms with E-state index in [1.165, 1.54) is 0 Å². The van der Waals surface area contributed by atoms with Crippen molar-refractivity contribution in [1.82, 2.24) is 4.98 Å². The number of anilines is 2. The zero-order chi connectivity index (χ0) is 12.1. The van der Waals surface area contributed by atoms with Gasteiger partial charge in [0.2, 0.25) is 0 Å². The van der Waals surface area contributed by atoms with Crippen LogP contribution in [0.15, 0.2) is 6.07 Å². The molecule has 0 saturated carbocycles. The number of halogens is 2. The fourth-order valence-electron chi connectivity index (χ4n) is 1.27. The molecule has 4 nitrogen and oxygen atoms in total. The van der Waals surface area contributed by atoms with Crippen molar-refractivity contribution in [2.45, 2.75) is 13.0 Å². The summed E-state index contributed by atoms with van der Waals surface area (Å²) in [6, 6.07) is 1.78. The summed E-state index contributed by atoms with van der Waals surface area (Å²) in [7, 11) is 3.40. The van der Waals surface area contributed by atoms with Crippen molar-refractivity contribution >= 4 is 34.8 Å². The summed E-state index contributed by atoms with van der Waals surface area (Å²) >= 11 is 12.0. The first-order valence-corrected chi connectivity index (χ1v) is 5.63. The van der Waals surface area contributed by atoms with Gasteiger partial charge in [-0.1, -0.05) is 23.2 Å². The lowest BCUT2D eigenvalue weighted by Gasteiger charge is -2.15. The van der Waals surface area contributed by atoms with E-state index in [0.29, 0.717) is 28.3 Å². The molecular formula is C10H15Cl2N3O. The predicted octanol–water partition coefficient (Wildman–Crippen LogP) is 2.88. The zero-order valence-electron chi connectivity index (χ0n) is 9.47. The fraction of sp³-hybridized carbons (Fsp3) is 0.500. The maximum Gasteiger partial charge on any atom is 0.147 e. The van der Waals surface area contributed by atoms with Crippen molar-refractivity contribution in [2.24, 2.45) is 0 Å². The Kier molecular flexibility index (Phi) is 5.12. The van der Waals surface area contributed by atoms with Crippen molar-refractivity contribution in [2.75, 3.05) is 31.4 Å². The molecular weight excluding hydrogens is 249 g/mol. The SMILES string of the molecule is CNc1nc(NC(C)COC)c(Cl)cc1Cl. The number of hydrogen-bond acceptors (Lipinski definition) is 4.